The summed E-state index contributed by atoms with van der Waals surface area (Å²) in [6.45, 7) is 0. The van der Waals surface area contributed by atoms with Gasteiger partial charge in [0.05, 0.1) is 11.0 Å². The van der Waals surface area contributed by atoms with Gasteiger partial charge in [0, 0.05) is 43.4 Å². The summed E-state index contributed by atoms with van der Waals surface area (Å²) in [5, 5.41) is 6.42. The van der Waals surface area contributed by atoms with Crippen molar-refractivity contribution in [2.45, 2.75) is 0 Å². The second-order valence-corrected chi connectivity index (χ2v) is 11.2. The standard InChI is InChI=1S/C39H22N4O2/c1-5-15-30-24(10-1)25-11-2-6-16-31(25)43(30)39-41-37(23-20-21-27-26-12-3-7-17-32(26)45-35(27)22-23)40-38(42-39)29-14-9-19-34-36(29)28-13-4-8-18-33(28)44-34/h1-22H. The molecule has 0 fully saturated rings. The van der Waals surface area contributed by atoms with Gasteiger partial charge in [0.2, 0.25) is 5.95 Å². The molecule has 0 aliphatic carbocycles. The monoisotopic (exact) mass is 578 g/mol. The van der Waals surface area contributed by atoms with E-state index in [4.69, 9.17) is 23.8 Å². The van der Waals surface area contributed by atoms with Gasteiger partial charge >= 0.3 is 0 Å². The highest BCUT2D eigenvalue weighted by Crippen LogP contribution is 2.38. The molecule has 45 heavy (non-hydrogen) atoms. The van der Waals surface area contributed by atoms with E-state index in [1.165, 1.54) is 0 Å². The molecule has 0 amide bonds. The van der Waals surface area contributed by atoms with E-state index >= 15 is 0 Å². The fraction of sp³-hybridized carbons (Fsp3) is 0. The molecule has 210 valence electrons. The summed E-state index contributed by atoms with van der Waals surface area (Å²) < 4.78 is 14.6. The number of furan rings is 2. The summed E-state index contributed by atoms with van der Waals surface area (Å²) in [7, 11) is 0. The van der Waals surface area contributed by atoms with E-state index < -0.39 is 0 Å². The van der Waals surface area contributed by atoms with Gasteiger partial charge in [-0.3, -0.25) is 4.57 Å². The molecule has 0 atom stereocenters. The Kier molecular flexibility index (Phi) is 4.90. The Balaban J connectivity index is 1.29. The molecule has 6 nitrogen and oxygen atoms in total. The molecular weight excluding hydrogens is 556 g/mol. The van der Waals surface area contributed by atoms with Crippen LogP contribution in [0.3, 0.4) is 0 Å². The predicted molar refractivity (Wildman–Crippen MR) is 180 cm³/mol. The second-order valence-electron chi connectivity index (χ2n) is 11.2. The van der Waals surface area contributed by atoms with Crippen molar-refractivity contribution in [3.8, 4) is 28.7 Å². The number of hydrogen-bond acceptors (Lipinski definition) is 5. The molecule has 0 spiro atoms. The molecule has 0 aliphatic heterocycles. The Morgan fingerprint density at radius 2 is 1.00 bits per heavy atom. The minimum atomic E-state index is 0.543. The van der Waals surface area contributed by atoms with Crippen molar-refractivity contribution in [2.75, 3.05) is 0 Å². The van der Waals surface area contributed by atoms with Crippen LogP contribution in [0.4, 0.5) is 0 Å². The van der Waals surface area contributed by atoms with E-state index in [-0.39, 0.29) is 0 Å². The van der Waals surface area contributed by atoms with Crippen LogP contribution >= 0.6 is 0 Å². The Hall–Kier alpha value is -6.27. The van der Waals surface area contributed by atoms with Crippen LogP contribution < -0.4 is 0 Å². The molecular formula is C39H22N4O2. The van der Waals surface area contributed by atoms with Crippen LogP contribution in [-0.4, -0.2) is 19.5 Å². The highest BCUT2D eigenvalue weighted by Gasteiger charge is 2.20. The van der Waals surface area contributed by atoms with Crippen molar-refractivity contribution in [3.63, 3.8) is 0 Å². The molecule has 0 aliphatic rings. The maximum atomic E-state index is 6.25. The maximum absolute atomic E-state index is 6.25. The first-order chi connectivity index (χ1) is 22.3. The van der Waals surface area contributed by atoms with Crippen molar-refractivity contribution >= 4 is 65.7 Å². The summed E-state index contributed by atoms with van der Waals surface area (Å²) in [6.07, 6.45) is 0. The second kappa shape index (κ2) is 9.11. The fourth-order valence-corrected chi connectivity index (χ4v) is 6.68. The number of nitrogens with zero attached hydrogens (tertiary/aromatic N) is 4. The number of rotatable bonds is 3. The first-order valence-electron chi connectivity index (χ1n) is 14.9. The molecule has 4 heterocycles. The molecule has 0 unspecified atom stereocenters. The third-order valence-electron chi connectivity index (χ3n) is 8.68. The molecule has 0 saturated carbocycles. The number of fused-ring (bicyclic) bond motifs is 9. The molecule has 10 aromatic rings. The average molecular weight is 579 g/mol. The third-order valence-corrected chi connectivity index (χ3v) is 8.68. The van der Waals surface area contributed by atoms with Crippen molar-refractivity contribution in [2.24, 2.45) is 0 Å². The average Bonchev–Trinajstić information content (AvgIpc) is 3.77. The van der Waals surface area contributed by atoms with Gasteiger partial charge in [-0.2, -0.15) is 9.97 Å². The predicted octanol–water partition coefficient (Wildman–Crippen LogP) is 10.1. The molecule has 0 radical (unpaired) electrons. The number of benzene rings is 6. The zero-order valence-electron chi connectivity index (χ0n) is 23.8. The molecule has 0 bridgehead atoms. The van der Waals surface area contributed by atoms with E-state index in [1.54, 1.807) is 0 Å². The van der Waals surface area contributed by atoms with Crippen LogP contribution in [0, 0.1) is 0 Å². The zero-order valence-corrected chi connectivity index (χ0v) is 23.8. The van der Waals surface area contributed by atoms with E-state index in [9.17, 15) is 0 Å². The minimum Gasteiger partial charge on any atom is -0.456 e. The topological polar surface area (TPSA) is 69.9 Å². The van der Waals surface area contributed by atoms with E-state index in [0.717, 1.165) is 76.8 Å². The van der Waals surface area contributed by atoms with Gasteiger partial charge in [0.15, 0.2) is 11.6 Å². The van der Waals surface area contributed by atoms with Crippen LogP contribution in [0.5, 0.6) is 0 Å². The molecule has 6 aromatic carbocycles. The van der Waals surface area contributed by atoms with Crippen molar-refractivity contribution < 1.29 is 8.83 Å². The molecule has 6 heteroatoms. The van der Waals surface area contributed by atoms with Crippen molar-refractivity contribution in [3.05, 3.63) is 133 Å². The molecule has 10 rings (SSSR count). The summed E-state index contributed by atoms with van der Waals surface area (Å²) in [5.74, 6) is 1.67. The highest BCUT2D eigenvalue weighted by atomic mass is 16.3. The Morgan fingerprint density at radius 1 is 0.422 bits per heavy atom. The van der Waals surface area contributed by atoms with Gasteiger partial charge in [-0.1, -0.05) is 91.0 Å². The van der Waals surface area contributed by atoms with Gasteiger partial charge in [-0.15, -0.1) is 0 Å². The van der Waals surface area contributed by atoms with Crippen LogP contribution in [0.25, 0.3) is 94.4 Å². The smallest absolute Gasteiger partial charge is 0.238 e. The van der Waals surface area contributed by atoms with Crippen molar-refractivity contribution in [1.29, 1.82) is 0 Å². The largest absolute Gasteiger partial charge is 0.456 e. The lowest BCUT2D eigenvalue weighted by atomic mass is 10.1. The van der Waals surface area contributed by atoms with Gasteiger partial charge in [0.25, 0.3) is 0 Å². The first kappa shape index (κ1) is 24.2. The summed E-state index contributed by atoms with van der Waals surface area (Å²) in [6, 6.07) is 45.1. The molecule has 4 aromatic heterocycles. The van der Waals surface area contributed by atoms with Crippen LogP contribution in [-0.2, 0) is 0 Å². The lowest BCUT2D eigenvalue weighted by molar-refractivity contribution is 0.668. The Labute approximate surface area is 255 Å². The van der Waals surface area contributed by atoms with E-state index in [2.05, 4.69) is 83.4 Å². The van der Waals surface area contributed by atoms with Crippen LogP contribution in [0.1, 0.15) is 0 Å². The van der Waals surface area contributed by atoms with E-state index in [0.29, 0.717) is 17.6 Å². The SMILES string of the molecule is c1ccc2c(c1)oc1cc(-c3nc(-c4cccc5oc6ccccc6c45)nc(-n4c5ccccc5c5ccccc54)n3)ccc12. The summed E-state index contributed by atoms with van der Waals surface area (Å²) in [5.41, 5.74) is 7.04. The van der Waals surface area contributed by atoms with Gasteiger partial charge in [0.1, 0.15) is 22.3 Å². The number of hydrogen-bond donors (Lipinski definition) is 0. The number of para-hydroxylation sites is 4. The zero-order chi connectivity index (χ0) is 29.5. The van der Waals surface area contributed by atoms with Crippen molar-refractivity contribution in [1.82, 2.24) is 19.5 Å². The third kappa shape index (κ3) is 3.53. The normalized spacial score (nSPS) is 12.0. The molecule has 0 N–H and O–H groups in total. The summed E-state index contributed by atoms with van der Waals surface area (Å²) in [4.78, 5) is 15.4. The van der Waals surface area contributed by atoms with Crippen LogP contribution in [0.2, 0.25) is 0 Å². The molecule has 0 saturated heterocycles. The van der Waals surface area contributed by atoms with Gasteiger partial charge in [-0.05, 0) is 42.5 Å². The van der Waals surface area contributed by atoms with Gasteiger partial charge in [-0.25, -0.2) is 4.98 Å². The Bertz CT molecular complexity index is 2730. The Morgan fingerprint density at radius 3 is 1.78 bits per heavy atom. The van der Waals surface area contributed by atoms with Crippen LogP contribution in [0.15, 0.2) is 142 Å². The maximum Gasteiger partial charge on any atom is 0.238 e. The van der Waals surface area contributed by atoms with E-state index in [1.807, 2.05) is 54.6 Å². The van der Waals surface area contributed by atoms with Gasteiger partial charge < -0.3 is 8.83 Å². The fourth-order valence-electron chi connectivity index (χ4n) is 6.68. The lowest BCUT2D eigenvalue weighted by Crippen LogP contribution is -2.06. The summed E-state index contributed by atoms with van der Waals surface area (Å²) >= 11 is 0. The minimum absolute atomic E-state index is 0.543. The highest BCUT2D eigenvalue weighted by molar-refractivity contribution is 6.12. The quantitative estimate of drug-likeness (QED) is 0.209. The first-order valence-corrected chi connectivity index (χ1v) is 14.9. The lowest BCUT2D eigenvalue weighted by Gasteiger charge is -2.11. The number of aromatic nitrogens is 4.